The minimum Gasteiger partial charge on any atom is -0.395 e. The topological polar surface area (TPSA) is 69.6 Å². The van der Waals surface area contributed by atoms with Crippen molar-refractivity contribution in [1.82, 2.24) is 10.2 Å². The Kier molecular flexibility index (Phi) is 3.25. The third kappa shape index (κ3) is 2.42. The monoisotopic (exact) mass is 186 g/mol. The Bertz CT molecular complexity index is 217. The van der Waals surface area contributed by atoms with E-state index >= 15 is 0 Å². The lowest BCUT2D eigenvalue weighted by molar-refractivity contribution is -0.135. The second-order valence-corrected chi connectivity index (χ2v) is 3.14. The molecule has 0 spiro atoms. The van der Waals surface area contributed by atoms with Crippen LogP contribution in [0.4, 0.5) is 0 Å². The Morgan fingerprint density at radius 1 is 1.62 bits per heavy atom. The SMILES string of the molecule is CC1CNC(=O)CC(=O)N1CCO. The van der Waals surface area contributed by atoms with Gasteiger partial charge in [-0.3, -0.25) is 9.59 Å². The lowest BCUT2D eigenvalue weighted by Crippen LogP contribution is -2.42. The van der Waals surface area contributed by atoms with Crippen molar-refractivity contribution in [1.29, 1.82) is 0 Å². The van der Waals surface area contributed by atoms with Crippen molar-refractivity contribution in [3.63, 3.8) is 0 Å². The number of nitrogens with zero attached hydrogens (tertiary/aromatic N) is 1. The van der Waals surface area contributed by atoms with Gasteiger partial charge in [0, 0.05) is 19.1 Å². The molecule has 0 aliphatic carbocycles. The van der Waals surface area contributed by atoms with Crippen molar-refractivity contribution >= 4 is 11.8 Å². The zero-order chi connectivity index (χ0) is 9.84. The highest BCUT2D eigenvalue weighted by molar-refractivity contribution is 5.97. The van der Waals surface area contributed by atoms with Crippen LogP contribution in [0.3, 0.4) is 0 Å². The third-order valence-electron chi connectivity index (χ3n) is 2.10. The summed E-state index contributed by atoms with van der Waals surface area (Å²) in [4.78, 5) is 23.9. The van der Waals surface area contributed by atoms with Crippen LogP contribution in [-0.4, -0.2) is 47.6 Å². The highest BCUT2D eigenvalue weighted by atomic mass is 16.3. The van der Waals surface area contributed by atoms with Gasteiger partial charge in [0.05, 0.1) is 6.61 Å². The van der Waals surface area contributed by atoms with Gasteiger partial charge >= 0.3 is 0 Å². The Labute approximate surface area is 76.7 Å². The first-order valence-electron chi connectivity index (χ1n) is 4.32. The highest BCUT2D eigenvalue weighted by Gasteiger charge is 2.25. The standard InChI is InChI=1S/C8H14N2O3/c1-6-5-9-7(12)4-8(13)10(6)2-3-11/h6,11H,2-5H2,1H3,(H,9,12). The van der Waals surface area contributed by atoms with E-state index in [0.717, 1.165) is 0 Å². The number of hydrogen-bond donors (Lipinski definition) is 2. The molecule has 0 radical (unpaired) electrons. The summed E-state index contributed by atoms with van der Waals surface area (Å²) in [5.41, 5.74) is 0. The third-order valence-corrected chi connectivity index (χ3v) is 2.10. The van der Waals surface area contributed by atoms with Gasteiger partial charge in [0.25, 0.3) is 0 Å². The van der Waals surface area contributed by atoms with Crippen molar-refractivity contribution in [3.05, 3.63) is 0 Å². The van der Waals surface area contributed by atoms with Crippen LogP contribution in [0.5, 0.6) is 0 Å². The largest absolute Gasteiger partial charge is 0.395 e. The van der Waals surface area contributed by atoms with E-state index in [0.29, 0.717) is 13.1 Å². The second-order valence-electron chi connectivity index (χ2n) is 3.14. The van der Waals surface area contributed by atoms with Gasteiger partial charge in [0.15, 0.2) is 0 Å². The van der Waals surface area contributed by atoms with Crippen LogP contribution in [0.1, 0.15) is 13.3 Å². The van der Waals surface area contributed by atoms with Crippen LogP contribution in [-0.2, 0) is 9.59 Å². The van der Waals surface area contributed by atoms with Gasteiger partial charge in [-0.1, -0.05) is 0 Å². The molecule has 1 unspecified atom stereocenters. The molecule has 0 aromatic carbocycles. The molecule has 1 heterocycles. The highest BCUT2D eigenvalue weighted by Crippen LogP contribution is 2.04. The summed E-state index contributed by atoms with van der Waals surface area (Å²) in [6.45, 7) is 2.54. The zero-order valence-corrected chi connectivity index (χ0v) is 7.62. The van der Waals surface area contributed by atoms with Crippen molar-refractivity contribution in [2.45, 2.75) is 19.4 Å². The maximum Gasteiger partial charge on any atom is 0.232 e. The van der Waals surface area contributed by atoms with Crippen LogP contribution in [0.2, 0.25) is 0 Å². The van der Waals surface area contributed by atoms with Gasteiger partial charge in [-0.15, -0.1) is 0 Å². The van der Waals surface area contributed by atoms with Crippen molar-refractivity contribution in [2.24, 2.45) is 0 Å². The number of rotatable bonds is 2. The number of β-amino-alcohol motifs (C(OH)–C–C–N with tert-alkyl or cyclic N) is 1. The molecule has 74 valence electrons. The summed E-state index contributed by atoms with van der Waals surface area (Å²) >= 11 is 0. The molecule has 2 amide bonds. The Balaban J connectivity index is 2.66. The van der Waals surface area contributed by atoms with Gasteiger partial charge in [-0.05, 0) is 6.92 Å². The van der Waals surface area contributed by atoms with Gasteiger partial charge < -0.3 is 15.3 Å². The smallest absolute Gasteiger partial charge is 0.232 e. The first-order chi connectivity index (χ1) is 6.15. The summed E-state index contributed by atoms with van der Waals surface area (Å²) < 4.78 is 0. The maximum atomic E-state index is 11.4. The molecule has 0 bridgehead atoms. The molecule has 5 nitrogen and oxygen atoms in total. The van der Waals surface area contributed by atoms with Crippen molar-refractivity contribution < 1.29 is 14.7 Å². The van der Waals surface area contributed by atoms with Crippen LogP contribution in [0, 0.1) is 0 Å². The fraction of sp³-hybridized carbons (Fsp3) is 0.750. The molecule has 0 aromatic heterocycles. The molecule has 0 saturated carbocycles. The number of hydrogen-bond acceptors (Lipinski definition) is 3. The summed E-state index contributed by atoms with van der Waals surface area (Å²) in [5.74, 6) is -0.450. The quantitative estimate of drug-likeness (QED) is 0.527. The molecular weight excluding hydrogens is 172 g/mol. The Morgan fingerprint density at radius 2 is 2.31 bits per heavy atom. The van der Waals surface area contributed by atoms with Crippen LogP contribution < -0.4 is 5.32 Å². The predicted octanol–water partition coefficient (Wildman–Crippen LogP) is -1.28. The minimum absolute atomic E-state index is 0.0360. The number of carbonyl (C=O) groups excluding carboxylic acids is 2. The zero-order valence-electron chi connectivity index (χ0n) is 7.62. The molecular formula is C8H14N2O3. The van der Waals surface area contributed by atoms with Crippen LogP contribution in [0.15, 0.2) is 0 Å². The molecule has 1 aliphatic heterocycles. The fourth-order valence-electron chi connectivity index (χ4n) is 1.37. The number of carbonyl (C=O) groups is 2. The predicted molar refractivity (Wildman–Crippen MR) is 45.9 cm³/mol. The minimum atomic E-state index is -0.239. The molecule has 1 saturated heterocycles. The normalized spacial score (nSPS) is 24.2. The summed E-state index contributed by atoms with van der Waals surface area (Å²) in [7, 11) is 0. The first kappa shape index (κ1) is 9.98. The molecule has 13 heavy (non-hydrogen) atoms. The van der Waals surface area contributed by atoms with Crippen LogP contribution in [0.25, 0.3) is 0 Å². The molecule has 2 N–H and O–H groups in total. The van der Waals surface area contributed by atoms with E-state index in [4.69, 9.17) is 5.11 Å². The van der Waals surface area contributed by atoms with Crippen molar-refractivity contribution in [3.8, 4) is 0 Å². The van der Waals surface area contributed by atoms with E-state index in [1.807, 2.05) is 6.92 Å². The van der Waals surface area contributed by atoms with Crippen LogP contribution >= 0.6 is 0 Å². The van der Waals surface area contributed by atoms with E-state index in [9.17, 15) is 9.59 Å². The molecule has 1 fully saturated rings. The average molecular weight is 186 g/mol. The molecule has 1 aliphatic rings. The van der Waals surface area contributed by atoms with E-state index in [1.54, 1.807) is 0 Å². The number of nitrogens with one attached hydrogen (secondary N) is 1. The molecule has 1 rings (SSSR count). The number of aliphatic hydroxyl groups is 1. The Hall–Kier alpha value is -1.10. The first-order valence-corrected chi connectivity index (χ1v) is 4.32. The average Bonchev–Trinajstić information content (AvgIpc) is 2.19. The van der Waals surface area contributed by atoms with Gasteiger partial charge in [0.2, 0.25) is 11.8 Å². The van der Waals surface area contributed by atoms with E-state index in [1.165, 1.54) is 4.90 Å². The fourth-order valence-corrected chi connectivity index (χ4v) is 1.37. The lowest BCUT2D eigenvalue weighted by atomic mass is 10.3. The number of amides is 2. The summed E-state index contributed by atoms with van der Waals surface area (Å²) in [6.07, 6.45) is -0.107. The second kappa shape index (κ2) is 4.23. The summed E-state index contributed by atoms with van der Waals surface area (Å²) in [6, 6.07) is -0.0360. The van der Waals surface area contributed by atoms with Gasteiger partial charge in [-0.25, -0.2) is 0 Å². The lowest BCUT2D eigenvalue weighted by Gasteiger charge is -2.25. The van der Waals surface area contributed by atoms with Gasteiger partial charge in [0.1, 0.15) is 6.42 Å². The summed E-state index contributed by atoms with van der Waals surface area (Å²) in [5, 5.41) is 11.3. The maximum absolute atomic E-state index is 11.4. The number of aliphatic hydroxyl groups excluding tert-OH is 1. The molecule has 1 atom stereocenters. The van der Waals surface area contributed by atoms with Crippen molar-refractivity contribution in [2.75, 3.05) is 19.7 Å². The van der Waals surface area contributed by atoms with E-state index < -0.39 is 0 Å². The molecule has 5 heteroatoms. The Morgan fingerprint density at radius 3 is 2.92 bits per heavy atom. The van der Waals surface area contributed by atoms with Gasteiger partial charge in [-0.2, -0.15) is 0 Å². The van der Waals surface area contributed by atoms with E-state index in [2.05, 4.69) is 5.32 Å². The van der Waals surface area contributed by atoms with E-state index in [-0.39, 0.29) is 30.9 Å². The molecule has 0 aromatic rings.